The molecule has 7 heteroatoms. The number of carbonyl (C=O) groups is 2. The Bertz CT molecular complexity index is 525. The third-order valence-corrected chi connectivity index (χ3v) is 4.08. The topological polar surface area (TPSA) is 78.7 Å². The number of piperidine rings is 1. The van der Waals surface area contributed by atoms with Gasteiger partial charge < -0.3 is 19.6 Å². The summed E-state index contributed by atoms with van der Waals surface area (Å²) in [7, 11) is 3.52. The van der Waals surface area contributed by atoms with E-state index in [4.69, 9.17) is 4.52 Å². The van der Waals surface area contributed by atoms with Gasteiger partial charge in [0, 0.05) is 33.7 Å². The van der Waals surface area contributed by atoms with E-state index in [1.807, 2.05) is 4.90 Å². The third-order valence-electron chi connectivity index (χ3n) is 4.08. The zero-order valence-electron chi connectivity index (χ0n) is 13.7. The predicted molar refractivity (Wildman–Crippen MR) is 81.7 cm³/mol. The minimum absolute atomic E-state index is 0.0539. The highest BCUT2D eigenvalue weighted by Crippen LogP contribution is 2.18. The van der Waals surface area contributed by atoms with Gasteiger partial charge >= 0.3 is 6.03 Å². The first-order chi connectivity index (χ1) is 10.4. The van der Waals surface area contributed by atoms with Crippen LogP contribution < -0.4 is 5.32 Å². The molecule has 3 amide bonds. The molecule has 0 spiro atoms. The third kappa shape index (κ3) is 3.58. The fourth-order valence-corrected chi connectivity index (χ4v) is 2.74. The van der Waals surface area contributed by atoms with Crippen molar-refractivity contribution in [1.82, 2.24) is 20.3 Å². The maximum atomic E-state index is 12.2. The summed E-state index contributed by atoms with van der Waals surface area (Å²) < 4.78 is 5.01. The van der Waals surface area contributed by atoms with E-state index in [0.29, 0.717) is 29.5 Å². The van der Waals surface area contributed by atoms with Crippen LogP contribution in [0.1, 0.15) is 34.7 Å². The van der Waals surface area contributed by atoms with Crippen molar-refractivity contribution < 1.29 is 14.1 Å². The van der Waals surface area contributed by atoms with Crippen molar-refractivity contribution in [1.29, 1.82) is 0 Å². The minimum atomic E-state index is -0.136. The van der Waals surface area contributed by atoms with E-state index < -0.39 is 0 Å². The lowest BCUT2D eigenvalue weighted by atomic mass is 9.97. The maximum Gasteiger partial charge on any atom is 0.319 e. The SMILES string of the molecule is Cc1noc(C)c1C(=O)NCC1CCN(C(=O)N(C)C)CC1. The van der Waals surface area contributed by atoms with Crippen molar-refractivity contribution in [2.45, 2.75) is 26.7 Å². The Kier molecular flexibility index (Phi) is 5.05. The van der Waals surface area contributed by atoms with Gasteiger partial charge in [0.15, 0.2) is 0 Å². The number of nitrogens with one attached hydrogen (secondary N) is 1. The quantitative estimate of drug-likeness (QED) is 0.916. The monoisotopic (exact) mass is 308 g/mol. The summed E-state index contributed by atoms with van der Waals surface area (Å²) in [5, 5.41) is 6.74. The Morgan fingerprint density at radius 1 is 1.32 bits per heavy atom. The number of rotatable bonds is 3. The van der Waals surface area contributed by atoms with Crippen LogP contribution in [0, 0.1) is 19.8 Å². The number of urea groups is 1. The van der Waals surface area contributed by atoms with Crippen molar-refractivity contribution in [2.24, 2.45) is 5.92 Å². The number of likely N-dealkylation sites (tertiary alicyclic amines) is 1. The highest BCUT2D eigenvalue weighted by atomic mass is 16.5. The van der Waals surface area contributed by atoms with Crippen LogP contribution in [0.2, 0.25) is 0 Å². The maximum absolute atomic E-state index is 12.2. The van der Waals surface area contributed by atoms with Crippen molar-refractivity contribution in [2.75, 3.05) is 33.7 Å². The van der Waals surface area contributed by atoms with Gasteiger partial charge in [-0.1, -0.05) is 5.16 Å². The minimum Gasteiger partial charge on any atom is -0.361 e. The van der Waals surface area contributed by atoms with Gasteiger partial charge in [-0.3, -0.25) is 4.79 Å². The highest BCUT2D eigenvalue weighted by molar-refractivity contribution is 5.96. The Morgan fingerprint density at radius 3 is 2.45 bits per heavy atom. The second-order valence-corrected chi connectivity index (χ2v) is 6.02. The van der Waals surface area contributed by atoms with Crippen LogP contribution in [0.5, 0.6) is 0 Å². The fraction of sp³-hybridized carbons (Fsp3) is 0.667. The number of aromatic nitrogens is 1. The molecule has 0 aromatic carbocycles. The zero-order valence-corrected chi connectivity index (χ0v) is 13.7. The summed E-state index contributed by atoms with van der Waals surface area (Å²) in [6.07, 6.45) is 1.81. The molecule has 0 atom stereocenters. The van der Waals surface area contributed by atoms with E-state index in [0.717, 1.165) is 25.9 Å². The predicted octanol–water partition coefficient (Wildman–Crippen LogP) is 1.41. The first-order valence-corrected chi connectivity index (χ1v) is 7.57. The molecule has 0 unspecified atom stereocenters. The number of hydrogen-bond donors (Lipinski definition) is 1. The summed E-state index contributed by atoms with van der Waals surface area (Å²) in [4.78, 5) is 27.5. The van der Waals surface area contributed by atoms with Crippen LogP contribution in [0.4, 0.5) is 4.79 Å². The number of carbonyl (C=O) groups excluding carboxylic acids is 2. The smallest absolute Gasteiger partial charge is 0.319 e. The summed E-state index contributed by atoms with van der Waals surface area (Å²) in [5.74, 6) is 0.806. The van der Waals surface area contributed by atoms with Gasteiger partial charge in [-0.15, -0.1) is 0 Å². The Labute approximate surface area is 130 Å². The first kappa shape index (κ1) is 16.3. The molecule has 1 aliphatic rings. The number of amides is 3. The van der Waals surface area contributed by atoms with Crippen LogP contribution in [-0.4, -0.2) is 60.6 Å². The highest BCUT2D eigenvalue weighted by Gasteiger charge is 2.25. The average molecular weight is 308 g/mol. The van der Waals surface area contributed by atoms with E-state index in [2.05, 4.69) is 10.5 Å². The molecule has 1 saturated heterocycles. The van der Waals surface area contributed by atoms with Gasteiger partial charge in [0.05, 0.1) is 5.69 Å². The van der Waals surface area contributed by atoms with Crippen LogP contribution in [-0.2, 0) is 0 Å². The molecule has 7 nitrogen and oxygen atoms in total. The molecule has 0 aliphatic carbocycles. The number of nitrogens with zero attached hydrogens (tertiary/aromatic N) is 3. The number of hydrogen-bond acceptors (Lipinski definition) is 4. The molecule has 2 rings (SSSR count). The van der Waals surface area contributed by atoms with Crippen molar-refractivity contribution in [3.63, 3.8) is 0 Å². The van der Waals surface area contributed by atoms with Gasteiger partial charge in [0.25, 0.3) is 5.91 Å². The average Bonchev–Trinajstić information content (AvgIpc) is 2.83. The van der Waals surface area contributed by atoms with Crippen molar-refractivity contribution in [3.8, 4) is 0 Å². The zero-order chi connectivity index (χ0) is 16.3. The van der Waals surface area contributed by atoms with Gasteiger partial charge in [0.2, 0.25) is 0 Å². The molecule has 0 bridgehead atoms. The lowest BCUT2D eigenvalue weighted by Gasteiger charge is -2.33. The van der Waals surface area contributed by atoms with Crippen LogP contribution in [0.25, 0.3) is 0 Å². The molecule has 1 aromatic heterocycles. The van der Waals surface area contributed by atoms with E-state index in [1.54, 1.807) is 32.8 Å². The Balaban J connectivity index is 1.80. The van der Waals surface area contributed by atoms with Gasteiger partial charge in [-0.2, -0.15) is 0 Å². The molecule has 2 heterocycles. The molecule has 0 radical (unpaired) electrons. The molecule has 1 fully saturated rings. The number of aryl methyl sites for hydroxylation is 2. The van der Waals surface area contributed by atoms with E-state index in [9.17, 15) is 9.59 Å². The molecule has 0 saturated carbocycles. The van der Waals surface area contributed by atoms with E-state index in [-0.39, 0.29) is 11.9 Å². The van der Waals surface area contributed by atoms with Crippen molar-refractivity contribution in [3.05, 3.63) is 17.0 Å². The first-order valence-electron chi connectivity index (χ1n) is 7.57. The molecule has 1 aromatic rings. The normalized spacial score (nSPS) is 15.7. The lowest BCUT2D eigenvalue weighted by Crippen LogP contribution is -2.45. The second-order valence-electron chi connectivity index (χ2n) is 6.02. The van der Waals surface area contributed by atoms with Gasteiger partial charge in [-0.05, 0) is 32.6 Å². The molecular weight excluding hydrogens is 284 g/mol. The molecule has 1 N–H and O–H groups in total. The summed E-state index contributed by atoms with van der Waals surface area (Å²) in [5.41, 5.74) is 1.14. The van der Waals surface area contributed by atoms with Gasteiger partial charge in [-0.25, -0.2) is 4.79 Å². The van der Waals surface area contributed by atoms with Crippen LogP contribution >= 0.6 is 0 Å². The Morgan fingerprint density at radius 2 is 1.95 bits per heavy atom. The molecule has 1 aliphatic heterocycles. The van der Waals surface area contributed by atoms with E-state index >= 15 is 0 Å². The van der Waals surface area contributed by atoms with Gasteiger partial charge in [0.1, 0.15) is 11.3 Å². The lowest BCUT2D eigenvalue weighted by molar-refractivity contribution is 0.0933. The van der Waals surface area contributed by atoms with Crippen LogP contribution in [0.15, 0.2) is 4.52 Å². The largest absolute Gasteiger partial charge is 0.361 e. The Hall–Kier alpha value is -2.05. The molecule has 22 heavy (non-hydrogen) atoms. The summed E-state index contributed by atoms with van der Waals surface area (Å²) in [6.45, 7) is 5.59. The molecule has 122 valence electrons. The fourth-order valence-electron chi connectivity index (χ4n) is 2.74. The van der Waals surface area contributed by atoms with Crippen LogP contribution in [0.3, 0.4) is 0 Å². The molecular formula is C15H24N4O3. The standard InChI is InChI=1S/C15H24N4O3/c1-10-13(11(2)22-17-10)14(20)16-9-12-5-7-19(8-6-12)15(21)18(3)4/h12H,5-9H2,1-4H3,(H,16,20). The summed E-state index contributed by atoms with van der Waals surface area (Å²) in [6, 6.07) is 0.0539. The second kappa shape index (κ2) is 6.81. The van der Waals surface area contributed by atoms with E-state index in [1.165, 1.54) is 0 Å². The van der Waals surface area contributed by atoms with Crippen molar-refractivity contribution >= 4 is 11.9 Å². The summed E-state index contributed by atoms with van der Waals surface area (Å²) >= 11 is 0.